The number of benzene rings is 1. The first-order chi connectivity index (χ1) is 16.9. The minimum atomic E-state index is -1.37. The van der Waals surface area contributed by atoms with Crippen molar-refractivity contribution >= 4 is 23.9 Å². The molecule has 3 rings (SSSR count). The van der Waals surface area contributed by atoms with Crippen LogP contribution in [-0.4, -0.2) is 84.9 Å². The van der Waals surface area contributed by atoms with E-state index < -0.39 is 42.5 Å². The minimum Gasteiger partial charge on any atom is -0.463 e. The third-order valence-electron chi connectivity index (χ3n) is 5.47. The number of aliphatic hydroxyl groups excluding tert-OH is 1. The fourth-order valence-electron chi connectivity index (χ4n) is 3.71. The molecule has 1 amide bonds. The second-order valence-electron chi connectivity index (χ2n) is 7.94. The van der Waals surface area contributed by atoms with E-state index in [0.29, 0.717) is 19.4 Å². The van der Waals surface area contributed by atoms with E-state index in [2.05, 4.69) is 10.3 Å². The van der Waals surface area contributed by atoms with Crippen molar-refractivity contribution in [2.45, 2.75) is 51.2 Å². The molecule has 0 radical (unpaired) electrons. The lowest BCUT2D eigenvalue weighted by Crippen LogP contribution is -2.63. The van der Waals surface area contributed by atoms with Gasteiger partial charge in [0.15, 0.2) is 12.4 Å². The van der Waals surface area contributed by atoms with Crippen LogP contribution in [0.25, 0.3) is 0 Å². The van der Waals surface area contributed by atoms with Crippen molar-refractivity contribution in [3.63, 3.8) is 0 Å². The van der Waals surface area contributed by atoms with E-state index in [1.807, 2.05) is 30.3 Å². The largest absolute Gasteiger partial charge is 0.463 e. The smallest absolute Gasteiger partial charge is 0.408 e. The Labute approximate surface area is 203 Å². The highest BCUT2D eigenvalue weighted by Gasteiger charge is 2.49. The van der Waals surface area contributed by atoms with Crippen molar-refractivity contribution in [3.05, 3.63) is 35.9 Å². The molecule has 1 fully saturated rings. The summed E-state index contributed by atoms with van der Waals surface area (Å²) in [5.74, 6) is -1.31. The van der Waals surface area contributed by atoms with Gasteiger partial charge < -0.3 is 29.4 Å². The summed E-state index contributed by atoms with van der Waals surface area (Å²) in [7, 11) is 0. The normalized spacial score (nSPS) is 23.9. The number of nitrogens with one attached hydrogen (secondary N) is 1. The fourth-order valence-corrected chi connectivity index (χ4v) is 3.71. The summed E-state index contributed by atoms with van der Waals surface area (Å²) in [6.45, 7) is 3.17. The lowest BCUT2D eigenvalue weighted by Gasteiger charge is -2.41. The van der Waals surface area contributed by atoms with Gasteiger partial charge in [0.25, 0.3) is 6.23 Å². The summed E-state index contributed by atoms with van der Waals surface area (Å²) < 4.78 is 20.8. The van der Waals surface area contributed by atoms with Crippen LogP contribution in [0.4, 0.5) is 4.79 Å². The van der Waals surface area contributed by atoms with Crippen LogP contribution in [0.2, 0.25) is 0 Å². The molecule has 3 atom stereocenters. The molecule has 12 heteroatoms. The van der Waals surface area contributed by atoms with E-state index in [0.717, 1.165) is 5.56 Å². The van der Waals surface area contributed by atoms with Crippen LogP contribution in [0.15, 0.2) is 35.3 Å². The minimum absolute atomic E-state index is 0.0258. The number of esters is 2. The van der Waals surface area contributed by atoms with Gasteiger partial charge in [0.2, 0.25) is 0 Å². The fraction of sp³-hybridized carbons (Fsp3) is 0.565. The van der Waals surface area contributed by atoms with E-state index in [1.165, 1.54) is 5.06 Å². The number of ether oxygens (including phenoxy) is 4. The summed E-state index contributed by atoms with van der Waals surface area (Å²) in [6, 6.07) is 9.21. The monoisotopic (exact) mass is 493 g/mol. The SMILES string of the molecule is CCOC(=O)COC(=O)C1N=C([C@]2(NC(=O)OCc3ccccc3)CC[C@H](CO)OC2)N(CC)O1. The maximum Gasteiger partial charge on any atom is 0.408 e. The summed E-state index contributed by atoms with van der Waals surface area (Å²) in [5.41, 5.74) is -0.357. The number of nitrogens with zero attached hydrogens (tertiary/aromatic N) is 2. The average molecular weight is 494 g/mol. The van der Waals surface area contributed by atoms with Crippen molar-refractivity contribution in [1.29, 1.82) is 0 Å². The molecule has 192 valence electrons. The summed E-state index contributed by atoms with van der Waals surface area (Å²) >= 11 is 0. The lowest BCUT2D eigenvalue weighted by molar-refractivity contribution is -0.181. The molecule has 2 heterocycles. The molecule has 0 aromatic heterocycles. The number of hydroxylamine groups is 2. The number of alkyl carbamates (subject to hydrolysis) is 1. The Morgan fingerprint density at radius 1 is 1.20 bits per heavy atom. The standard InChI is InChI=1S/C23H31N3O9/c1-3-26-21(24-19(35-26)20(29)32-14-18(28)31-4-2)23(11-10-17(12-27)34-15-23)25-22(30)33-13-16-8-6-5-7-9-16/h5-9,17,19,27H,3-4,10-15H2,1-2H3,(H,25,30)/t17-,19?,23+/m1/s1. The maximum atomic E-state index is 12.8. The van der Waals surface area contributed by atoms with E-state index in [4.69, 9.17) is 23.8 Å². The molecule has 2 aliphatic heterocycles. The van der Waals surface area contributed by atoms with Crippen LogP contribution in [0, 0.1) is 0 Å². The summed E-state index contributed by atoms with van der Waals surface area (Å²) in [5, 5.41) is 13.7. The van der Waals surface area contributed by atoms with Crippen LogP contribution in [0.1, 0.15) is 32.3 Å². The first-order valence-electron chi connectivity index (χ1n) is 11.5. The molecule has 1 unspecified atom stereocenters. The Morgan fingerprint density at radius 3 is 2.60 bits per heavy atom. The molecular formula is C23H31N3O9. The predicted octanol–water partition coefficient (Wildman–Crippen LogP) is 0.921. The van der Waals surface area contributed by atoms with Crippen LogP contribution in [0.3, 0.4) is 0 Å². The first kappa shape index (κ1) is 26.4. The van der Waals surface area contributed by atoms with Crippen LogP contribution >= 0.6 is 0 Å². The highest BCUT2D eigenvalue weighted by molar-refractivity contribution is 5.97. The number of hydrogen-bond donors (Lipinski definition) is 2. The number of carbonyl (C=O) groups excluding carboxylic acids is 3. The summed E-state index contributed by atoms with van der Waals surface area (Å²) in [4.78, 5) is 46.7. The van der Waals surface area contributed by atoms with Crippen molar-refractivity contribution in [1.82, 2.24) is 10.4 Å². The summed E-state index contributed by atoms with van der Waals surface area (Å²) in [6.07, 6.45) is -1.69. The van der Waals surface area contributed by atoms with E-state index >= 15 is 0 Å². The molecule has 1 saturated heterocycles. The zero-order chi connectivity index (χ0) is 25.3. The Bertz CT molecular complexity index is 901. The topological polar surface area (TPSA) is 145 Å². The molecular weight excluding hydrogens is 462 g/mol. The molecule has 0 saturated carbocycles. The first-order valence-corrected chi connectivity index (χ1v) is 11.5. The molecule has 35 heavy (non-hydrogen) atoms. The molecule has 1 aromatic rings. The van der Waals surface area contributed by atoms with E-state index in [9.17, 15) is 19.5 Å². The number of hydrogen-bond acceptors (Lipinski definition) is 11. The zero-order valence-corrected chi connectivity index (χ0v) is 19.8. The number of rotatable bonds is 10. The number of aliphatic imine (C=N–C) groups is 1. The Kier molecular flexibility index (Phi) is 9.40. The Morgan fingerprint density at radius 2 is 1.97 bits per heavy atom. The number of likely N-dealkylation sites (N-methyl/N-ethyl adjacent to an activating group) is 1. The Hall–Kier alpha value is -3.22. The van der Waals surface area contributed by atoms with E-state index in [-0.39, 0.29) is 32.3 Å². The van der Waals surface area contributed by atoms with Gasteiger partial charge in [0.1, 0.15) is 12.1 Å². The van der Waals surface area contributed by atoms with Crippen LogP contribution < -0.4 is 5.32 Å². The second kappa shape index (κ2) is 12.5. The van der Waals surface area contributed by atoms with Gasteiger partial charge in [-0.2, -0.15) is 0 Å². The Balaban J connectivity index is 1.75. The van der Waals surface area contributed by atoms with Crippen molar-refractivity contribution < 1.29 is 43.3 Å². The highest BCUT2D eigenvalue weighted by atomic mass is 16.7. The zero-order valence-electron chi connectivity index (χ0n) is 19.8. The van der Waals surface area contributed by atoms with Gasteiger partial charge in [-0.25, -0.2) is 29.3 Å². The van der Waals surface area contributed by atoms with Gasteiger partial charge in [-0.1, -0.05) is 30.3 Å². The van der Waals surface area contributed by atoms with Gasteiger partial charge in [0, 0.05) is 6.54 Å². The molecule has 0 spiro atoms. The molecule has 0 bridgehead atoms. The van der Waals surface area contributed by atoms with Gasteiger partial charge in [0.05, 0.1) is 25.9 Å². The van der Waals surface area contributed by atoms with E-state index in [1.54, 1.807) is 13.8 Å². The molecule has 12 nitrogen and oxygen atoms in total. The maximum absolute atomic E-state index is 12.8. The lowest BCUT2D eigenvalue weighted by atomic mass is 9.88. The molecule has 2 N–H and O–H groups in total. The molecule has 1 aromatic carbocycles. The average Bonchev–Trinajstić information content (AvgIpc) is 3.33. The van der Waals surface area contributed by atoms with Gasteiger partial charge >= 0.3 is 18.0 Å². The number of amidine groups is 1. The number of aliphatic hydroxyl groups is 1. The third kappa shape index (κ3) is 6.90. The molecule has 0 aliphatic carbocycles. The second-order valence-corrected chi connectivity index (χ2v) is 7.94. The number of amides is 1. The van der Waals surface area contributed by atoms with Crippen molar-refractivity contribution in [2.75, 3.05) is 33.0 Å². The van der Waals surface area contributed by atoms with Crippen LogP contribution in [0.5, 0.6) is 0 Å². The van der Waals surface area contributed by atoms with Gasteiger partial charge in [-0.15, -0.1) is 0 Å². The molecule has 2 aliphatic rings. The van der Waals surface area contributed by atoms with Crippen LogP contribution in [-0.2, 0) is 40.0 Å². The van der Waals surface area contributed by atoms with Crippen molar-refractivity contribution in [2.24, 2.45) is 4.99 Å². The number of carbonyl (C=O) groups is 3. The third-order valence-corrected chi connectivity index (χ3v) is 5.47. The van der Waals surface area contributed by atoms with Crippen molar-refractivity contribution in [3.8, 4) is 0 Å². The highest BCUT2D eigenvalue weighted by Crippen LogP contribution is 2.30. The van der Waals surface area contributed by atoms with Gasteiger partial charge in [-0.3, -0.25) is 0 Å². The quantitative estimate of drug-likeness (QED) is 0.356. The predicted molar refractivity (Wildman–Crippen MR) is 121 cm³/mol. The van der Waals surface area contributed by atoms with Gasteiger partial charge in [-0.05, 0) is 32.3 Å².